The van der Waals surface area contributed by atoms with Gasteiger partial charge in [-0.3, -0.25) is 14.5 Å². The second-order valence-corrected chi connectivity index (χ2v) is 8.16. The molecule has 1 aliphatic heterocycles. The minimum absolute atomic E-state index is 0.0617. The van der Waals surface area contributed by atoms with E-state index in [2.05, 4.69) is 10.2 Å². The van der Waals surface area contributed by atoms with Crippen LogP contribution in [0.3, 0.4) is 0 Å². The third kappa shape index (κ3) is 3.09. The van der Waals surface area contributed by atoms with Crippen LogP contribution in [-0.2, 0) is 0 Å². The van der Waals surface area contributed by atoms with Crippen LogP contribution in [-0.4, -0.2) is 22.7 Å². The number of hydrogen-bond acceptors (Lipinski definition) is 7. The van der Waals surface area contributed by atoms with Gasteiger partial charge in [0.1, 0.15) is 22.2 Å². The molecule has 2 aromatic heterocycles. The number of rotatable bonds is 4. The van der Waals surface area contributed by atoms with Gasteiger partial charge in [-0.2, -0.15) is 0 Å². The Morgan fingerprint density at radius 1 is 1.16 bits per heavy atom. The van der Waals surface area contributed by atoms with Crippen molar-refractivity contribution in [1.29, 1.82) is 0 Å². The Morgan fingerprint density at radius 2 is 1.94 bits per heavy atom. The van der Waals surface area contributed by atoms with E-state index in [1.807, 2.05) is 6.92 Å². The molecule has 1 aliphatic rings. The maximum atomic E-state index is 13.6. The van der Waals surface area contributed by atoms with E-state index >= 15 is 0 Å². The number of aromatic nitrogens is 2. The summed E-state index contributed by atoms with van der Waals surface area (Å²) in [5, 5.41) is 9.43. The van der Waals surface area contributed by atoms with Gasteiger partial charge in [-0.15, -0.1) is 10.2 Å². The zero-order chi connectivity index (χ0) is 21.7. The van der Waals surface area contributed by atoms with Crippen LogP contribution in [0, 0.1) is 12.7 Å². The predicted molar refractivity (Wildman–Crippen MR) is 113 cm³/mol. The molecule has 2 aromatic carbocycles. The molecule has 1 unspecified atom stereocenters. The maximum Gasteiger partial charge on any atom is 0.297 e. The van der Waals surface area contributed by atoms with E-state index in [0.717, 1.165) is 0 Å². The summed E-state index contributed by atoms with van der Waals surface area (Å²) in [5.74, 6) is -0.439. The first-order valence-corrected chi connectivity index (χ1v) is 10.4. The smallest absolute Gasteiger partial charge is 0.297 e. The summed E-state index contributed by atoms with van der Waals surface area (Å²) in [5.41, 5.74) is 0.696. The molecule has 0 radical (unpaired) electrons. The average molecular weight is 437 g/mol. The number of ether oxygens (including phenoxy) is 1. The maximum absolute atomic E-state index is 13.6. The minimum atomic E-state index is -0.803. The van der Waals surface area contributed by atoms with Crippen molar-refractivity contribution in [2.75, 3.05) is 11.5 Å². The summed E-state index contributed by atoms with van der Waals surface area (Å²) < 4.78 is 25.0. The summed E-state index contributed by atoms with van der Waals surface area (Å²) in [4.78, 5) is 28.3. The number of anilines is 1. The van der Waals surface area contributed by atoms with E-state index in [1.54, 1.807) is 37.3 Å². The van der Waals surface area contributed by atoms with E-state index in [9.17, 15) is 14.0 Å². The number of halogens is 1. The summed E-state index contributed by atoms with van der Waals surface area (Å²) in [7, 11) is 0. The fourth-order valence-electron chi connectivity index (χ4n) is 3.75. The van der Waals surface area contributed by atoms with Gasteiger partial charge < -0.3 is 9.15 Å². The number of fused-ring (bicyclic) bond motifs is 2. The van der Waals surface area contributed by atoms with Crippen molar-refractivity contribution in [3.05, 3.63) is 80.4 Å². The van der Waals surface area contributed by atoms with Gasteiger partial charge in [0.25, 0.3) is 5.91 Å². The number of benzene rings is 2. The van der Waals surface area contributed by atoms with Crippen LogP contribution in [0.2, 0.25) is 0 Å². The van der Waals surface area contributed by atoms with Gasteiger partial charge in [0.05, 0.1) is 23.6 Å². The van der Waals surface area contributed by atoms with Crippen LogP contribution in [0.15, 0.2) is 51.7 Å². The molecule has 0 aliphatic carbocycles. The second kappa shape index (κ2) is 7.28. The zero-order valence-electron chi connectivity index (χ0n) is 16.6. The topological polar surface area (TPSA) is 85.5 Å². The molecule has 3 heterocycles. The molecule has 0 bridgehead atoms. The highest BCUT2D eigenvalue weighted by Gasteiger charge is 2.45. The molecule has 7 nitrogen and oxygen atoms in total. The van der Waals surface area contributed by atoms with Crippen LogP contribution in [0.5, 0.6) is 5.75 Å². The van der Waals surface area contributed by atoms with E-state index in [0.29, 0.717) is 33.4 Å². The number of amides is 1. The molecular weight excluding hydrogens is 421 g/mol. The van der Waals surface area contributed by atoms with Crippen molar-refractivity contribution >= 4 is 33.3 Å². The van der Waals surface area contributed by atoms with Crippen molar-refractivity contribution < 1.29 is 18.3 Å². The Balaban J connectivity index is 1.77. The average Bonchev–Trinajstić information content (AvgIpc) is 3.30. The molecule has 9 heteroatoms. The standard InChI is InChI=1S/C22H16FN3O4S/c1-3-29-14-8-9-15-16(10-14)30-20-17(19(15)27)18(12-4-6-13(23)7-5-12)26(21(20)28)22-25-24-11(2)31-22/h4-10,18H,3H2,1-2H3. The third-order valence-electron chi connectivity index (χ3n) is 5.06. The Bertz CT molecular complexity index is 1380. The van der Waals surface area contributed by atoms with Crippen LogP contribution in [0.25, 0.3) is 11.0 Å². The normalized spacial score (nSPS) is 15.5. The first kappa shape index (κ1) is 19.4. The van der Waals surface area contributed by atoms with E-state index < -0.39 is 17.8 Å². The monoisotopic (exact) mass is 437 g/mol. The van der Waals surface area contributed by atoms with Gasteiger partial charge in [-0.05, 0) is 43.7 Å². The molecule has 0 saturated heterocycles. The molecule has 0 spiro atoms. The fraction of sp³-hybridized carbons (Fsp3) is 0.182. The Labute approximate surface area is 179 Å². The summed E-state index contributed by atoms with van der Waals surface area (Å²) in [6, 6.07) is 9.77. The molecular formula is C22H16FN3O4S. The first-order chi connectivity index (χ1) is 15.0. The Kier molecular flexibility index (Phi) is 4.55. The summed E-state index contributed by atoms with van der Waals surface area (Å²) >= 11 is 1.23. The minimum Gasteiger partial charge on any atom is -0.494 e. The molecule has 156 valence electrons. The summed E-state index contributed by atoms with van der Waals surface area (Å²) in [6.07, 6.45) is 0. The highest BCUT2D eigenvalue weighted by Crippen LogP contribution is 2.42. The lowest BCUT2D eigenvalue weighted by Crippen LogP contribution is -2.29. The Morgan fingerprint density at radius 3 is 2.61 bits per heavy atom. The molecule has 0 saturated carbocycles. The van der Waals surface area contributed by atoms with Crippen molar-refractivity contribution in [2.24, 2.45) is 0 Å². The largest absolute Gasteiger partial charge is 0.494 e. The lowest BCUT2D eigenvalue weighted by Gasteiger charge is -2.22. The second-order valence-electron chi connectivity index (χ2n) is 7.00. The molecule has 0 N–H and O–H groups in total. The van der Waals surface area contributed by atoms with Gasteiger partial charge in [0, 0.05) is 6.07 Å². The molecule has 1 atom stereocenters. The number of hydrogen-bond donors (Lipinski definition) is 0. The summed E-state index contributed by atoms with van der Waals surface area (Å²) in [6.45, 7) is 4.08. The quantitative estimate of drug-likeness (QED) is 0.475. The van der Waals surface area contributed by atoms with Crippen LogP contribution in [0.1, 0.15) is 39.7 Å². The molecule has 31 heavy (non-hydrogen) atoms. The number of carbonyl (C=O) groups excluding carboxylic acids is 1. The van der Waals surface area contributed by atoms with Crippen LogP contribution in [0.4, 0.5) is 9.52 Å². The van der Waals surface area contributed by atoms with Crippen LogP contribution < -0.4 is 15.1 Å². The van der Waals surface area contributed by atoms with Crippen molar-refractivity contribution in [2.45, 2.75) is 19.9 Å². The van der Waals surface area contributed by atoms with Crippen LogP contribution >= 0.6 is 11.3 Å². The SMILES string of the molecule is CCOc1ccc2c(=O)c3c(oc2c1)C(=O)N(c1nnc(C)s1)C3c1ccc(F)cc1. The number of nitrogens with zero attached hydrogens (tertiary/aromatic N) is 3. The zero-order valence-corrected chi connectivity index (χ0v) is 17.4. The third-order valence-corrected chi connectivity index (χ3v) is 5.90. The van der Waals surface area contributed by atoms with Crippen molar-refractivity contribution in [3.63, 3.8) is 0 Å². The Hall–Kier alpha value is -3.59. The molecule has 0 fully saturated rings. The number of carbonyl (C=O) groups is 1. The van der Waals surface area contributed by atoms with Gasteiger partial charge >= 0.3 is 0 Å². The first-order valence-electron chi connectivity index (χ1n) is 9.60. The van der Waals surface area contributed by atoms with Gasteiger partial charge in [-0.1, -0.05) is 23.5 Å². The highest BCUT2D eigenvalue weighted by atomic mass is 32.1. The van der Waals surface area contributed by atoms with Crippen molar-refractivity contribution in [3.8, 4) is 5.75 Å². The predicted octanol–water partition coefficient (Wildman–Crippen LogP) is 4.24. The number of aryl methyl sites for hydroxylation is 1. The van der Waals surface area contributed by atoms with E-state index in [1.165, 1.54) is 28.4 Å². The van der Waals surface area contributed by atoms with Gasteiger partial charge in [-0.25, -0.2) is 4.39 Å². The van der Waals surface area contributed by atoms with Gasteiger partial charge in [0.2, 0.25) is 10.9 Å². The van der Waals surface area contributed by atoms with E-state index in [-0.39, 0.29) is 22.3 Å². The molecule has 5 rings (SSSR count). The molecule has 1 amide bonds. The lowest BCUT2D eigenvalue weighted by molar-refractivity contribution is 0.0970. The lowest BCUT2D eigenvalue weighted by atomic mass is 9.98. The van der Waals surface area contributed by atoms with E-state index in [4.69, 9.17) is 9.15 Å². The highest BCUT2D eigenvalue weighted by molar-refractivity contribution is 7.15. The molecule has 4 aromatic rings. The van der Waals surface area contributed by atoms with Crippen molar-refractivity contribution in [1.82, 2.24) is 10.2 Å². The van der Waals surface area contributed by atoms with Gasteiger partial charge in [0.15, 0.2) is 5.43 Å². The fourth-order valence-corrected chi connectivity index (χ4v) is 4.46.